The van der Waals surface area contributed by atoms with Crippen molar-refractivity contribution in [3.8, 4) is 17.5 Å². The average molecular weight is 296 g/mol. The number of hydrogen-bond donors (Lipinski definition) is 2. The van der Waals surface area contributed by atoms with Crippen molar-refractivity contribution in [2.45, 2.75) is 38.2 Å². The lowest BCUT2D eigenvalue weighted by Gasteiger charge is -2.36. The van der Waals surface area contributed by atoms with E-state index < -0.39 is 0 Å². The summed E-state index contributed by atoms with van der Waals surface area (Å²) in [6.45, 7) is 4.87. The summed E-state index contributed by atoms with van der Waals surface area (Å²) in [4.78, 5) is 7.51. The van der Waals surface area contributed by atoms with Crippen molar-refractivity contribution in [1.29, 1.82) is 5.26 Å². The number of nitrogen functional groups attached to an aromatic ring is 1. The highest BCUT2D eigenvalue weighted by molar-refractivity contribution is 5.64. The van der Waals surface area contributed by atoms with Gasteiger partial charge in [0.15, 0.2) is 0 Å². The molecule has 1 aliphatic rings. The maximum absolute atomic E-state index is 9.47. The van der Waals surface area contributed by atoms with Gasteiger partial charge in [-0.15, -0.1) is 0 Å². The quantitative estimate of drug-likeness (QED) is 0.890. The Labute approximate surface area is 130 Å². The number of rotatable bonds is 2. The smallest absolute Gasteiger partial charge is 0.142 e. The van der Waals surface area contributed by atoms with Crippen LogP contribution in [0.2, 0.25) is 0 Å². The second-order valence-corrected chi connectivity index (χ2v) is 6.35. The molecule has 1 atom stereocenters. The summed E-state index contributed by atoms with van der Waals surface area (Å²) >= 11 is 0. The summed E-state index contributed by atoms with van der Waals surface area (Å²) in [5.41, 5.74) is 9.02. The van der Waals surface area contributed by atoms with E-state index in [1.165, 1.54) is 0 Å². The molecule has 3 heterocycles. The van der Waals surface area contributed by atoms with Gasteiger partial charge in [-0.05, 0) is 56.4 Å². The van der Waals surface area contributed by atoms with Crippen LogP contribution in [0, 0.1) is 11.3 Å². The van der Waals surface area contributed by atoms with Gasteiger partial charge in [-0.25, -0.2) is 4.98 Å². The minimum absolute atomic E-state index is 0.180. The van der Waals surface area contributed by atoms with Gasteiger partial charge in [0.25, 0.3) is 0 Å². The van der Waals surface area contributed by atoms with Crippen LogP contribution in [0.1, 0.15) is 43.7 Å². The van der Waals surface area contributed by atoms with Gasteiger partial charge in [-0.2, -0.15) is 5.26 Å². The fourth-order valence-corrected chi connectivity index (χ4v) is 3.15. The SMILES string of the molecule is CC1(C)C[C@H](c2cc(-c3ccc[nH]3)nc(N)c2C#N)CCO1. The monoisotopic (exact) mass is 296 g/mol. The Morgan fingerprint density at radius 2 is 2.32 bits per heavy atom. The van der Waals surface area contributed by atoms with Gasteiger partial charge < -0.3 is 15.5 Å². The van der Waals surface area contributed by atoms with E-state index in [2.05, 4.69) is 29.9 Å². The van der Waals surface area contributed by atoms with Crippen molar-refractivity contribution in [1.82, 2.24) is 9.97 Å². The number of nitrogens with two attached hydrogens (primary N) is 1. The first kappa shape index (κ1) is 14.6. The van der Waals surface area contributed by atoms with Gasteiger partial charge in [0.1, 0.15) is 11.9 Å². The van der Waals surface area contributed by atoms with Crippen molar-refractivity contribution in [2.24, 2.45) is 0 Å². The van der Waals surface area contributed by atoms with Crippen LogP contribution in [0.5, 0.6) is 0 Å². The summed E-state index contributed by atoms with van der Waals surface area (Å²) in [7, 11) is 0. The lowest BCUT2D eigenvalue weighted by Crippen LogP contribution is -2.33. The molecule has 114 valence electrons. The van der Waals surface area contributed by atoms with Crippen LogP contribution >= 0.6 is 0 Å². The highest BCUT2D eigenvalue weighted by Crippen LogP contribution is 2.39. The third kappa shape index (κ3) is 2.70. The van der Waals surface area contributed by atoms with Crippen molar-refractivity contribution in [3.05, 3.63) is 35.5 Å². The molecule has 1 aliphatic heterocycles. The molecular weight excluding hydrogens is 276 g/mol. The Hall–Kier alpha value is -2.32. The van der Waals surface area contributed by atoms with Gasteiger partial charge in [0, 0.05) is 12.8 Å². The fourth-order valence-electron chi connectivity index (χ4n) is 3.15. The van der Waals surface area contributed by atoms with Crippen molar-refractivity contribution >= 4 is 5.82 Å². The molecule has 1 saturated heterocycles. The summed E-state index contributed by atoms with van der Waals surface area (Å²) in [5.74, 6) is 0.561. The standard InChI is InChI=1S/C17H20N4O/c1-17(2)9-11(5-7-22-17)12-8-15(14-4-3-6-20-14)21-16(19)13(12)10-18/h3-4,6,8,11,20H,5,7,9H2,1-2H3,(H2,19,21)/t11-/m1/s1. The van der Waals surface area contributed by atoms with Gasteiger partial charge in [-0.1, -0.05) is 0 Å². The second kappa shape index (κ2) is 5.47. The molecule has 3 N–H and O–H groups in total. The Balaban J connectivity index is 2.07. The third-order valence-electron chi connectivity index (χ3n) is 4.20. The third-order valence-corrected chi connectivity index (χ3v) is 4.20. The van der Waals surface area contributed by atoms with Crippen molar-refractivity contribution in [2.75, 3.05) is 12.3 Å². The number of nitrogens with zero attached hydrogens (tertiary/aromatic N) is 2. The molecule has 0 unspecified atom stereocenters. The maximum Gasteiger partial charge on any atom is 0.142 e. The van der Waals surface area contributed by atoms with Gasteiger partial charge >= 0.3 is 0 Å². The highest BCUT2D eigenvalue weighted by Gasteiger charge is 2.31. The van der Waals surface area contributed by atoms with E-state index in [1.807, 2.05) is 24.4 Å². The summed E-state index contributed by atoms with van der Waals surface area (Å²) in [6.07, 6.45) is 3.61. The molecule has 0 saturated carbocycles. The number of aromatic nitrogens is 2. The molecule has 0 bridgehead atoms. The number of aromatic amines is 1. The zero-order chi connectivity index (χ0) is 15.7. The summed E-state index contributed by atoms with van der Waals surface area (Å²) in [6, 6.07) is 8.08. The maximum atomic E-state index is 9.47. The average Bonchev–Trinajstić information content (AvgIpc) is 2.99. The lowest BCUT2D eigenvalue weighted by atomic mass is 9.81. The molecule has 0 radical (unpaired) electrons. The molecule has 22 heavy (non-hydrogen) atoms. The van der Waals surface area contributed by atoms with Crippen molar-refractivity contribution < 1.29 is 4.74 Å². The van der Waals surface area contributed by atoms with E-state index in [4.69, 9.17) is 10.5 Å². The van der Waals surface area contributed by atoms with Crippen LogP contribution in [0.3, 0.4) is 0 Å². The van der Waals surface area contributed by atoms with E-state index >= 15 is 0 Å². The fraction of sp³-hybridized carbons (Fsp3) is 0.412. The van der Waals surface area contributed by atoms with Gasteiger partial charge in [0.05, 0.1) is 22.6 Å². The largest absolute Gasteiger partial charge is 0.383 e. The topological polar surface area (TPSA) is 87.7 Å². The molecule has 3 rings (SSSR count). The Morgan fingerprint density at radius 1 is 1.50 bits per heavy atom. The zero-order valence-corrected chi connectivity index (χ0v) is 12.9. The molecule has 0 aromatic carbocycles. The highest BCUT2D eigenvalue weighted by atomic mass is 16.5. The van der Waals surface area contributed by atoms with E-state index in [1.54, 1.807) is 0 Å². The number of nitrogens with one attached hydrogen (secondary N) is 1. The number of nitriles is 1. The number of anilines is 1. The predicted molar refractivity (Wildman–Crippen MR) is 85.2 cm³/mol. The van der Waals surface area contributed by atoms with Gasteiger partial charge in [0.2, 0.25) is 0 Å². The second-order valence-electron chi connectivity index (χ2n) is 6.35. The molecule has 5 heteroatoms. The molecule has 5 nitrogen and oxygen atoms in total. The summed E-state index contributed by atoms with van der Waals surface area (Å²) in [5, 5.41) is 9.47. The van der Waals surface area contributed by atoms with Crippen LogP contribution < -0.4 is 5.73 Å². The first-order chi connectivity index (χ1) is 10.5. The Kier molecular flexibility index (Phi) is 3.63. The first-order valence-corrected chi connectivity index (χ1v) is 7.48. The van der Waals surface area contributed by atoms with Crippen LogP contribution in [0.4, 0.5) is 5.82 Å². The minimum Gasteiger partial charge on any atom is -0.383 e. The van der Waals surface area contributed by atoms with Crippen LogP contribution in [0.25, 0.3) is 11.4 Å². The number of H-pyrrole nitrogens is 1. The van der Waals surface area contributed by atoms with E-state index in [9.17, 15) is 5.26 Å². The van der Waals surface area contributed by atoms with E-state index in [-0.39, 0.29) is 11.5 Å². The van der Waals surface area contributed by atoms with E-state index in [0.717, 1.165) is 29.8 Å². The minimum atomic E-state index is -0.180. The number of hydrogen-bond acceptors (Lipinski definition) is 4. The molecule has 1 fully saturated rings. The molecule has 0 spiro atoms. The normalized spacial score (nSPS) is 20.5. The summed E-state index contributed by atoms with van der Waals surface area (Å²) < 4.78 is 5.79. The van der Waals surface area contributed by atoms with Crippen LogP contribution in [-0.4, -0.2) is 22.2 Å². The molecule has 0 amide bonds. The lowest BCUT2D eigenvalue weighted by molar-refractivity contribution is -0.0593. The Bertz CT molecular complexity index is 713. The van der Waals surface area contributed by atoms with E-state index in [0.29, 0.717) is 18.0 Å². The number of ether oxygens (including phenoxy) is 1. The molecular formula is C17H20N4O. The van der Waals surface area contributed by atoms with Crippen molar-refractivity contribution in [3.63, 3.8) is 0 Å². The van der Waals surface area contributed by atoms with Crippen LogP contribution in [-0.2, 0) is 4.74 Å². The zero-order valence-electron chi connectivity index (χ0n) is 12.9. The molecule has 2 aromatic heterocycles. The molecule has 0 aliphatic carbocycles. The van der Waals surface area contributed by atoms with Gasteiger partial charge in [-0.3, -0.25) is 0 Å². The first-order valence-electron chi connectivity index (χ1n) is 7.48. The Morgan fingerprint density at radius 3 is 2.95 bits per heavy atom. The molecule has 2 aromatic rings. The predicted octanol–water partition coefficient (Wildman–Crippen LogP) is 3.20. The van der Waals surface area contributed by atoms with Crippen LogP contribution in [0.15, 0.2) is 24.4 Å². The number of pyridine rings is 1.